The van der Waals surface area contributed by atoms with E-state index in [0.717, 1.165) is 23.5 Å². The Morgan fingerprint density at radius 2 is 2.29 bits per heavy atom. The number of benzene rings is 1. The monoisotopic (exact) mass is 190 g/mol. The molecule has 0 N–H and O–H groups in total. The summed E-state index contributed by atoms with van der Waals surface area (Å²) in [5.41, 5.74) is 1.09. The minimum absolute atomic E-state index is 0.218. The van der Waals surface area contributed by atoms with E-state index in [1.807, 2.05) is 18.2 Å². The van der Waals surface area contributed by atoms with Crippen LogP contribution in [0.15, 0.2) is 24.3 Å². The lowest BCUT2D eigenvalue weighted by molar-refractivity contribution is 0.241. The SMILES string of the molecule is CCC1C=Cc2cc(OC)ccc2O1. The highest BCUT2D eigenvalue weighted by molar-refractivity contribution is 5.61. The molecule has 1 heterocycles. The van der Waals surface area contributed by atoms with E-state index >= 15 is 0 Å². The summed E-state index contributed by atoms with van der Waals surface area (Å²) in [6.45, 7) is 2.11. The van der Waals surface area contributed by atoms with Gasteiger partial charge in [0.25, 0.3) is 0 Å². The zero-order chi connectivity index (χ0) is 9.97. The largest absolute Gasteiger partial charge is 0.497 e. The number of methoxy groups -OCH3 is 1. The minimum Gasteiger partial charge on any atom is -0.497 e. The summed E-state index contributed by atoms with van der Waals surface area (Å²) in [5, 5.41) is 0. The van der Waals surface area contributed by atoms with E-state index in [0.29, 0.717) is 0 Å². The molecule has 0 saturated carbocycles. The molecule has 0 aromatic heterocycles. The first-order chi connectivity index (χ1) is 6.83. The lowest BCUT2D eigenvalue weighted by Crippen LogP contribution is -2.15. The first kappa shape index (κ1) is 9.13. The number of fused-ring (bicyclic) bond motifs is 1. The maximum absolute atomic E-state index is 5.74. The summed E-state index contributed by atoms with van der Waals surface area (Å²) in [4.78, 5) is 0. The Hall–Kier alpha value is -1.44. The van der Waals surface area contributed by atoms with Crippen LogP contribution in [0.25, 0.3) is 6.08 Å². The highest BCUT2D eigenvalue weighted by atomic mass is 16.5. The van der Waals surface area contributed by atoms with Crippen molar-refractivity contribution in [2.75, 3.05) is 7.11 Å². The van der Waals surface area contributed by atoms with E-state index in [-0.39, 0.29) is 6.10 Å². The second kappa shape index (κ2) is 3.74. The van der Waals surface area contributed by atoms with Gasteiger partial charge in [0.05, 0.1) is 7.11 Å². The predicted octanol–water partition coefficient (Wildman–Crippen LogP) is 2.88. The summed E-state index contributed by atoms with van der Waals surface area (Å²) in [6, 6.07) is 5.86. The van der Waals surface area contributed by atoms with Crippen LogP contribution in [-0.4, -0.2) is 13.2 Å². The molecule has 0 bridgehead atoms. The second-order valence-corrected chi connectivity index (χ2v) is 3.33. The van der Waals surface area contributed by atoms with Crippen molar-refractivity contribution < 1.29 is 9.47 Å². The molecule has 1 aromatic rings. The van der Waals surface area contributed by atoms with Gasteiger partial charge >= 0.3 is 0 Å². The molecule has 2 nitrogen and oxygen atoms in total. The number of hydrogen-bond donors (Lipinski definition) is 0. The van der Waals surface area contributed by atoms with Crippen molar-refractivity contribution in [2.24, 2.45) is 0 Å². The molecule has 0 aliphatic carbocycles. The molecule has 14 heavy (non-hydrogen) atoms. The molecular formula is C12H14O2. The number of ether oxygens (including phenoxy) is 2. The van der Waals surface area contributed by atoms with Crippen LogP contribution in [0.3, 0.4) is 0 Å². The average molecular weight is 190 g/mol. The van der Waals surface area contributed by atoms with Gasteiger partial charge < -0.3 is 9.47 Å². The van der Waals surface area contributed by atoms with Gasteiger partial charge in [0.15, 0.2) is 0 Å². The maximum Gasteiger partial charge on any atom is 0.127 e. The quantitative estimate of drug-likeness (QED) is 0.714. The molecule has 1 aliphatic heterocycles. The Bertz CT molecular complexity index is 355. The third-order valence-electron chi connectivity index (χ3n) is 2.39. The predicted molar refractivity (Wildman–Crippen MR) is 56.7 cm³/mol. The maximum atomic E-state index is 5.74. The molecule has 0 radical (unpaired) electrons. The van der Waals surface area contributed by atoms with Crippen LogP contribution in [0, 0.1) is 0 Å². The highest BCUT2D eigenvalue weighted by Gasteiger charge is 2.12. The Kier molecular flexibility index (Phi) is 2.44. The van der Waals surface area contributed by atoms with E-state index in [2.05, 4.69) is 19.1 Å². The van der Waals surface area contributed by atoms with Crippen LogP contribution in [0.4, 0.5) is 0 Å². The normalized spacial score (nSPS) is 18.6. The van der Waals surface area contributed by atoms with Gasteiger partial charge in [0, 0.05) is 5.56 Å². The lowest BCUT2D eigenvalue weighted by atomic mass is 10.1. The van der Waals surface area contributed by atoms with Crippen molar-refractivity contribution >= 4 is 6.08 Å². The molecule has 1 atom stereocenters. The van der Waals surface area contributed by atoms with Crippen LogP contribution < -0.4 is 9.47 Å². The van der Waals surface area contributed by atoms with Gasteiger partial charge in [-0.25, -0.2) is 0 Å². The summed E-state index contributed by atoms with van der Waals surface area (Å²) >= 11 is 0. The Morgan fingerprint density at radius 3 is 3.00 bits per heavy atom. The molecule has 1 aromatic carbocycles. The Morgan fingerprint density at radius 1 is 1.43 bits per heavy atom. The van der Waals surface area contributed by atoms with Gasteiger partial charge in [-0.05, 0) is 30.7 Å². The topological polar surface area (TPSA) is 18.5 Å². The molecule has 74 valence electrons. The third-order valence-corrected chi connectivity index (χ3v) is 2.39. The fraction of sp³-hybridized carbons (Fsp3) is 0.333. The van der Waals surface area contributed by atoms with Gasteiger partial charge in [0.1, 0.15) is 17.6 Å². The van der Waals surface area contributed by atoms with Gasteiger partial charge in [0.2, 0.25) is 0 Å². The van der Waals surface area contributed by atoms with Gasteiger partial charge in [-0.15, -0.1) is 0 Å². The van der Waals surface area contributed by atoms with E-state index in [1.54, 1.807) is 7.11 Å². The molecule has 0 fully saturated rings. The van der Waals surface area contributed by atoms with Gasteiger partial charge in [-0.3, -0.25) is 0 Å². The van der Waals surface area contributed by atoms with Crippen molar-refractivity contribution in [2.45, 2.75) is 19.4 Å². The first-order valence-corrected chi connectivity index (χ1v) is 4.86. The zero-order valence-electron chi connectivity index (χ0n) is 8.49. The minimum atomic E-state index is 0.218. The molecule has 1 unspecified atom stereocenters. The van der Waals surface area contributed by atoms with Crippen LogP contribution in [-0.2, 0) is 0 Å². The molecule has 2 heteroatoms. The second-order valence-electron chi connectivity index (χ2n) is 3.33. The average Bonchev–Trinajstić information content (AvgIpc) is 2.27. The van der Waals surface area contributed by atoms with E-state index in [1.165, 1.54) is 0 Å². The zero-order valence-corrected chi connectivity index (χ0v) is 8.49. The van der Waals surface area contributed by atoms with Crippen molar-refractivity contribution in [1.82, 2.24) is 0 Å². The van der Waals surface area contributed by atoms with Gasteiger partial charge in [-0.2, -0.15) is 0 Å². The molecule has 2 rings (SSSR count). The molecule has 0 spiro atoms. The first-order valence-electron chi connectivity index (χ1n) is 4.86. The highest BCUT2D eigenvalue weighted by Crippen LogP contribution is 2.30. The van der Waals surface area contributed by atoms with Crippen LogP contribution >= 0.6 is 0 Å². The van der Waals surface area contributed by atoms with Crippen LogP contribution in [0.2, 0.25) is 0 Å². The van der Waals surface area contributed by atoms with E-state index in [4.69, 9.17) is 9.47 Å². The van der Waals surface area contributed by atoms with Crippen molar-refractivity contribution in [1.29, 1.82) is 0 Å². The standard InChI is InChI=1S/C12H14O2/c1-3-10-5-4-9-8-11(13-2)6-7-12(9)14-10/h4-8,10H,3H2,1-2H3. The molecule has 1 aliphatic rings. The lowest BCUT2D eigenvalue weighted by Gasteiger charge is -2.20. The summed E-state index contributed by atoms with van der Waals surface area (Å²) in [5.74, 6) is 1.81. The van der Waals surface area contributed by atoms with E-state index in [9.17, 15) is 0 Å². The summed E-state index contributed by atoms with van der Waals surface area (Å²) < 4.78 is 10.9. The van der Waals surface area contributed by atoms with Crippen LogP contribution in [0.1, 0.15) is 18.9 Å². The fourth-order valence-corrected chi connectivity index (χ4v) is 1.52. The molecule has 0 saturated heterocycles. The Balaban J connectivity index is 2.31. The smallest absolute Gasteiger partial charge is 0.127 e. The fourth-order valence-electron chi connectivity index (χ4n) is 1.52. The van der Waals surface area contributed by atoms with Crippen molar-refractivity contribution in [3.05, 3.63) is 29.8 Å². The number of rotatable bonds is 2. The van der Waals surface area contributed by atoms with E-state index < -0.39 is 0 Å². The number of hydrogen-bond acceptors (Lipinski definition) is 2. The van der Waals surface area contributed by atoms with Crippen LogP contribution in [0.5, 0.6) is 11.5 Å². The van der Waals surface area contributed by atoms with Gasteiger partial charge in [-0.1, -0.05) is 13.0 Å². The van der Waals surface area contributed by atoms with Crippen molar-refractivity contribution in [3.8, 4) is 11.5 Å². The molecule has 0 amide bonds. The van der Waals surface area contributed by atoms with Crippen molar-refractivity contribution in [3.63, 3.8) is 0 Å². The summed E-state index contributed by atoms with van der Waals surface area (Å²) in [7, 11) is 1.67. The summed E-state index contributed by atoms with van der Waals surface area (Å²) in [6.07, 6.45) is 5.40. The molecular weight excluding hydrogens is 176 g/mol. The third kappa shape index (κ3) is 1.60. The Labute approximate surface area is 84.2 Å².